The second kappa shape index (κ2) is 5.19. The van der Waals surface area contributed by atoms with E-state index in [1.807, 2.05) is 0 Å². The highest BCUT2D eigenvalue weighted by molar-refractivity contribution is 6.02. The molecule has 8 nitrogen and oxygen atoms in total. The molecule has 1 saturated carbocycles. The maximum Gasteiger partial charge on any atom is 0.312 e. The predicted octanol–water partition coefficient (Wildman–Crippen LogP) is 1.64. The van der Waals surface area contributed by atoms with Gasteiger partial charge in [-0.05, 0) is 10.8 Å². The van der Waals surface area contributed by atoms with E-state index in [2.05, 4.69) is 0 Å². The summed E-state index contributed by atoms with van der Waals surface area (Å²) in [4.78, 5) is 48.1. The van der Waals surface area contributed by atoms with Gasteiger partial charge in [-0.3, -0.25) is 19.2 Å². The van der Waals surface area contributed by atoms with Gasteiger partial charge in [-0.15, -0.1) is 0 Å². The first-order valence-corrected chi connectivity index (χ1v) is 7.44. The molecule has 0 bridgehead atoms. The molecule has 24 heavy (non-hydrogen) atoms. The highest BCUT2D eigenvalue weighted by Crippen LogP contribution is 2.75. The van der Waals surface area contributed by atoms with Crippen LogP contribution in [0.4, 0.5) is 0 Å². The lowest BCUT2D eigenvalue weighted by atomic mass is 9.28. The first-order chi connectivity index (χ1) is 10.5. The summed E-state index contributed by atoms with van der Waals surface area (Å²) >= 11 is 0. The molecule has 1 fully saturated rings. The molecule has 0 aliphatic heterocycles. The minimum Gasteiger partial charge on any atom is -0.481 e. The van der Waals surface area contributed by atoms with Gasteiger partial charge in [-0.25, -0.2) is 0 Å². The molecule has 0 aromatic heterocycles. The smallest absolute Gasteiger partial charge is 0.312 e. The molecule has 8 heteroatoms. The van der Waals surface area contributed by atoms with E-state index in [-0.39, 0.29) is 0 Å². The van der Waals surface area contributed by atoms with Gasteiger partial charge in [0.15, 0.2) is 0 Å². The second-order valence-electron chi connectivity index (χ2n) is 8.39. The van der Waals surface area contributed by atoms with Crippen LogP contribution in [0.3, 0.4) is 0 Å². The Kier molecular flexibility index (Phi) is 4.31. The zero-order valence-electron chi connectivity index (χ0n) is 14.6. The molecule has 4 N–H and O–H groups in total. The summed E-state index contributed by atoms with van der Waals surface area (Å²) in [5, 5.41) is 39.1. The molecule has 0 unspecified atom stereocenters. The van der Waals surface area contributed by atoms with E-state index >= 15 is 0 Å². The minimum atomic E-state index is -2.25. The van der Waals surface area contributed by atoms with Crippen LogP contribution in [0.2, 0.25) is 0 Å². The van der Waals surface area contributed by atoms with Crippen LogP contribution in [-0.2, 0) is 19.2 Å². The quantitative estimate of drug-likeness (QED) is 0.601. The third-order valence-electron chi connectivity index (χ3n) is 5.51. The standard InChI is InChI=1S/C16H24O8/c1-13(2,3)15(11(21)22)7(9(17)18)16(12(23)24,14(4,5)6)8(15)10(19)20/h7-8H,1-6H3,(H,17,18)(H,19,20)(H,21,22)(H,23,24). The van der Waals surface area contributed by atoms with Crippen molar-refractivity contribution >= 4 is 23.9 Å². The Bertz CT molecular complexity index is 543. The SMILES string of the molecule is CC(C)(C)C1(C(=O)O)C(C(=O)O)C(C(=O)O)(C(C)(C)C)C1C(=O)O. The fraction of sp³-hybridized carbons (Fsp3) is 0.750. The number of carboxylic acids is 4. The topological polar surface area (TPSA) is 149 Å². The lowest BCUT2D eigenvalue weighted by molar-refractivity contribution is -0.280. The molecule has 1 aliphatic rings. The largest absolute Gasteiger partial charge is 0.481 e. The molecule has 0 radical (unpaired) electrons. The number of carboxylic acid groups (broad SMARTS) is 4. The molecule has 0 aromatic carbocycles. The van der Waals surface area contributed by atoms with E-state index in [9.17, 15) is 39.6 Å². The number of rotatable bonds is 4. The number of hydrogen-bond donors (Lipinski definition) is 4. The first-order valence-electron chi connectivity index (χ1n) is 7.44. The zero-order valence-corrected chi connectivity index (χ0v) is 14.6. The van der Waals surface area contributed by atoms with Crippen molar-refractivity contribution in [3.63, 3.8) is 0 Å². The number of hydrogen-bond acceptors (Lipinski definition) is 4. The summed E-state index contributed by atoms with van der Waals surface area (Å²) in [5.74, 6) is -10.3. The van der Waals surface area contributed by atoms with Crippen molar-refractivity contribution in [1.29, 1.82) is 0 Å². The summed E-state index contributed by atoms with van der Waals surface area (Å²) in [7, 11) is 0. The summed E-state index contributed by atoms with van der Waals surface area (Å²) in [6, 6.07) is 0. The van der Waals surface area contributed by atoms with Gasteiger partial charge in [-0.1, -0.05) is 41.5 Å². The molecule has 0 aromatic rings. The highest BCUT2D eigenvalue weighted by atomic mass is 16.4. The van der Waals surface area contributed by atoms with E-state index in [0.29, 0.717) is 0 Å². The maximum atomic E-state index is 12.1. The Morgan fingerprint density at radius 2 is 0.833 bits per heavy atom. The van der Waals surface area contributed by atoms with E-state index in [0.717, 1.165) is 0 Å². The number of carbonyl (C=O) groups is 4. The molecular weight excluding hydrogens is 320 g/mol. The Balaban J connectivity index is 4.03. The van der Waals surface area contributed by atoms with Crippen LogP contribution in [0.25, 0.3) is 0 Å². The van der Waals surface area contributed by atoms with Crippen molar-refractivity contribution < 1.29 is 39.6 Å². The van der Waals surface area contributed by atoms with Crippen molar-refractivity contribution in [2.75, 3.05) is 0 Å². The van der Waals surface area contributed by atoms with Crippen molar-refractivity contribution in [2.24, 2.45) is 33.5 Å². The lowest BCUT2D eigenvalue weighted by Crippen LogP contribution is -2.81. The van der Waals surface area contributed by atoms with Gasteiger partial charge < -0.3 is 20.4 Å². The molecule has 0 amide bonds. The fourth-order valence-corrected chi connectivity index (χ4v) is 4.60. The van der Waals surface area contributed by atoms with Crippen molar-refractivity contribution in [3.8, 4) is 0 Å². The van der Waals surface area contributed by atoms with Crippen molar-refractivity contribution in [2.45, 2.75) is 41.5 Å². The monoisotopic (exact) mass is 344 g/mol. The molecule has 1 rings (SSSR count). The fourth-order valence-electron chi connectivity index (χ4n) is 4.60. The van der Waals surface area contributed by atoms with Crippen molar-refractivity contribution in [3.05, 3.63) is 0 Å². The highest BCUT2D eigenvalue weighted by Gasteiger charge is 2.87. The summed E-state index contributed by atoms with van der Waals surface area (Å²) in [6.07, 6.45) is 0. The van der Waals surface area contributed by atoms with Gasteiger partial charge in [0.2, 0.25) is 0 Å². The van der Waals surface area contributed by atoms with E-state index < -0.39 is 57.4 Å². The van der Waals surface area contributed by atoms with E-state index in [1.165, 1.54) is 41.5 Å². The lowest BCUT2D eigenvalue weighted by Gasteiger charge is -2.68. The van der Waals surface area contributed by atoms with Gasteiger partial charge in [0.1, 0.15) is 10.8 Å². The molecule has 0 heterocycles. The Labute approximate surface area is 139 Å². The van der Waals surface area contributed by atoms with Gasteiger partial charge in [0.25, 0.3) is 0 Å². The van der Waals surface area contributed by atoms with Gasteiger partial charge in [-0.2, -0.15) is 0 Å². The molecular formula is C16H24O8. The third kappa shape index (κ3) is 1.98. The molecule has 0 saturated heterocycles. The average molecular weight is 344 g/mol. The van der Waals surface area contributed by atoms with Crippen LogP contribution >= 0.6 is 0 Å². The summed E-state index contributed by atoms with van der Waals surface area (Å²) in [5.41, 5.74) is -7.10. The van der Waals surface area contributed by atoms with Crippen LogP contribution in [0, 0.1) is 33.5 Å². The predicted molar refractivity (Wildman–Crippen MR) is 81.3 cm³/mol. The minimum absolute atomic E-state index is 1.30. The Morgan fingerprint density at radius 1 is 0.625 bits per heavy atom. The van der Waals surface area contributed by atoms with Crippen LogP contribution in [0.15, 0.2) is 0 Å². The Hall–Kier alpha value is -2.12. The van der Waals surface area contributed by atoms with Gasteiger partial charge >= 0.3 is 23.9 Å². The van der Waals surface area contributed by atoms with Gasteiger partial charge in [0, 0.05) is 0 Å². The van der Waals surface area contributed by atoms with Crippen molar-refractivity contribution in [1.82, 2.24) is 0 Å². The van der Waals surface area contributed by atoms with Crippen LogP contribution in [-0.4, -0.2) is 44.3 Å². The molecule has 1 aliphatic carbocycles. The zero-order chi connectivity index (χ0) is 19.5. The maximum absolute atomic E-state index is 12.1. The number of aliphatic carboxylic acids is 4. The second-order valence-corrected chi connectivity index (χ2v) is 8.39. The van der Waals surface area contributed by atoms with Crippen LogP contribution in [0.5, 0.6) is 0 Å². The Morgan fingerprint density at radius 3 is 0.917 bits per heavy atom. The molecule has 136 valence electrons. The van der Waals surface area contributed by atoms with Crippen LogP contribution in [0.1, 0.15) is 41.5 Å². The summed E-state index contributed by atoms with van der Waals surface area (Å²) < 4.78 is 0. The van der Waals surface area contributed by atoms with Gasteiger partial charge in [0.05, 0.1) is 11.8 Å². The average Bonchev–Trinajstić information content (AvgIpc) is 2.20. The van der Waals surface area contributed by atoms with Crippen LogP contribution < -0.4 is 0 Å². The first kappa shape index (κ1) is 19.9. The normalized spacial score (nSPS) is 33.4. The molecule has 0 spiro atoms. The third-order valence-corrected chi connectivity index (χ3v) is 5.51. The van der Waals surface area contributed by atoms with E-state index in [4.69, 9.17) is 0 Å². The van der Waals surface area contributed by atoms with E-state index in [1.54, 1.807) is 0 Å². The summed E-state index contributed by atoms with van der Waals surface area (Å²) in [6.45, 7) is 8.51. The molecule has 0 atom stereocenters.